The molecule has 0 aliphatic rings. The van der Waals surface area contributed by atoms with Crippen molar-refractivity contribution in [1.29, 1.82) is 0 Å². The molecule has 0 atom stereocenters. The minimum Gasteiger partial charge on any atom is -0.346 e. The number of nitrogens with one attached hydrogen (secondary N) is 1. The molecule has 3 aromatic heterocycles. The summed E-state index contributed by atoms with van der Waals surface area (Å²) >= 11 is 0. The third-order valence-corrected chi connectivity index (χ3v) is 3.23. The highest BCUT2D eigenvalue weighted by Crippen LogP contribution is 2.25. The maximum Gasteiger partial charge on any atom is 0.141 e. The lowest BCUT2D eigenvalue weighted by Crippen LogP contribution is -2.00. The van der Waals surface area contributed by atoms with E-state index in [9.17, 15) is 0 Å². The first-order chi connectivity index (χ1) is 9.66. The average Bonchev–Trinajstić information content (AvgIpc) is 3.02. The third-order valence-electron chi connectivity index (χ3n) is 3.23. The molecular formula is C14H16N6. The lowest BCUT2D eigenvalue weighted by Gasteiger charge is -2.01. The van der Waals surface area contributed by atoms with E-state index in [0.29, 0.717) is 0 Å². The minimum atomic E-state index is 0.725. The Kier molecular flexibility index (Phi) is 3.06. The lowest BCUT2D eigenvalue weighted by atomic mass is 10.2. The van der Waals surface area contributed by atoms with Gasteiger partial charge in [0, 0.05) is 11.6 Å². The zero-order valence-corrected chi connectivity index (χ0v) is 11.8. The second kappa shape index (κ2) is 4.88. The largest absolute Gasteiger partial charge is 0.346 e. The molecule has 6 nitrogen and oxygen atoms in total. The van der Waals surface area contributed by atoms with E-state index in [0.717, 1.165) is 34.7 Å². The van der Waals surface area contributed by atoms with Crippen LogP contribution in [0.1, 0.15) is 19.5 Å². The normalized spacial score (nSPS) is 10.9. The summed E-state index contributed by atoms with van der Waals surface area (Å²) in [7, 11) is 0. The maximum atomic E-state index is 4.36. The highest BCUT2D eigenvalue weighted by atomic mass is 15.4. The van der Waals surface area contributed by atoms with Gasteiger partial charge in [-0.2, -0.15) is 0 Å². The van der Waals surface area contributed by atoms with Crippen LogP contribution in [0.4, 0.5) is 0 Å². The van der Waals surface area contributed by atoms with E-state index in [1.165, 1.54) is 5.57 Å². The van der Waals surface area contributed by atoms with E-state index in [2.05, 4.69) is 45.2 Å². The van der Waals surface area contributed by atoms with Crippen LogP contribution in [0.2, 0.25) is 0 Å². The molecule has 0 aliphatic carbocycles. The quantitative estimate of drug-likeness (QED) is 0.741. The summed E-state index contributed by atoms with van der Waals surface area (Å²) in [6.07, 6.45) is 5.52. The molecule has 3 heterocycles. The number of hydrogen-bond acceptors (Lipinski definition) is 4. The van der Waals surface area contributed by atoms with Gasteiger partial charge in [0.1, 0.15) is 23.4 Å². The van der Waals surface area contributed by atoms with Gasteiger partial charge < -0.3 is 4.98 Å². The van der Waals surface area contributed by atoms with Crippen LogP contribution in [-0.2, 0) is 6.54 Å². The fourth-order valence-corrected chi connectivity index (χ4v) is 2.08. The number of hydrogen-bond donors (Lipinski definition) is 1. The van der Waals surface area contributed by atoms with Gasteiger partial charge in [-0.15, -0.1) is 5.10 Å². The Bertz CT molecular complexity index is 776. The van der Waals surface area contributed by atoms with Gasteiger partial charge in [-0.1, -0.05) is 16.9 Å². The Morgan fingerprint density at radius 2 is 2.15 bits per heavy atom. The van der Waals surface area contributed by atoms with Crippen molar-refractivity contribution >= 4 is 11.0 Å². The van der Waals surface area contributed by atoms with Crippen molar-refractivity contribution in [2.75, 3.05) is 0 Å². The molecular weight excluding hydrogens is 252 g/mol. The molecule has 0 fully saturated rings. The Labute approximate surface area is 116 Å². The van der Waals surface area contributed by atoms with Gasteiger partial charge in [0.25, 0.3) is 0 Å². The van der Waals surface area contributed by atoms with Crippen LogP contribution in [-0.4, -0.2) is 29.9 Å². The predicted molar refractivity (Wildman–Crippen MR) is 77.1 cm³/mol. The summed E-state index contributed by atoms with van der Waals surface area (Å²) in [6, 6.07) is 1.96. The first kappa shape index (κ1) is 12.5. The molecule has 0 saturated carbocycles. The lowest BCUT2D eigenvalue weighted by molar-refractivity contribution is 0.642. The van der Waals surface area contributed by atoms with Crippen LogP contribution in [0.3, 0.4) is 0 Å². The Morgan fingerprint density at radius 1 is 1.30 bits per heavy atom. The van der Waals surface area contributed by atoms with Crippen molar-refractivity contribution in [2.45, 2.75) is 27.3 Å². The summed E-state index contributed by atoms with van der Waals surface area (Å²) in [6.45, 7) is 6.87. The SMILES string of the molecule is CC(C)=CCn1nnc(-c2ncnc3[nH]ccc23)c1C. The second-order valence-electron chi connectivity index (χ2n) is 4.95. The van der Waals surface area contributed by atoms with Crippen LogP contribution in [0.5, 0.6) is 0 Å². The first-order valence-corrected chi connectivity index (χ1v) is 6.48. The van der Waals surface area contributed by atoms with E-state index in [4.69, 9.17) is 0 Å². The molecule has 0 unspecified atom stereocenters. The molecule has 0 radical (unpaired) electrons. The van der Waals surface area contributed by atoms with Gasteiger partial charge >= 0.3 is 0 Å². The molecule has 6 heteroatoms. The number of H-pyrrole nitrogens is 1. The van der Waals surface area contributed by atoms with Crippen molar-refractivity contribution in [3.8, 4) is 11.4 Å². The minimum absolute atomic E-state index is 0.725. The number of fused-ring (bicyclic) bond motifs is 1. The number of nitrogens with zero attached hydrogens (tertiary/aromatic N) is 5. The predicted octanol–water partition coefficient (Wildman–Crippen LogP) is 2.49. The van der Waals surface area contributed by atoms with Crippen molar-refractivity contribution in [3.05, 3.63) is 35.9 Å². The smallest absolute Gasteiger partial charge is 0.141 e. The van der Waals surface area contributed by atoms with Gasteiger partial charge in [0.2, 0.25) is 0 Å². The molecule has 0 aliphatic heterocycles. The first-order valence-electron chi connectivity index (χ1n) is 6.48. The summed E-state index contributed by atoms with van der Waals surface area (Å²) in [4.78, 5) is 11.6. The van der Waals surface area contributed by atoms with E-state index in [-0.39, 0.29) is 0 Å². The summed E-state index contributed by atoms with van der Waals surface area (Å²) < 4.78 is 1.88. The van der Waals surface area contributed by atoms with Crippen LogP contribution in [0, 0.1) is 6.92 Å². The number of allylic oxidation sites excluding steroid dienone is 2. The zero-order valence-electron chi connectivity index (χ0n) is 11.8. The Balaban J connectivity index is 2.07. The monoisotopic (exact) mass is 268 g/mol. The summed E-state index contributed by atoms with van der Waals surface area (Å²) in [5.74, 6) is 0. The molecule has 3 rings (SSSR count). The second-order valence-corrected chi connectivity index (χ2v) is 4.95. The van der Waals surface area contributed by atoms with Gasteiger partial charge in [-0.3, -0.25) is 0 Å². The van der Waals surface area contributed by atoms with Crippen molar-refractivity contribution in [1.82, 2.24) is 29.9 Å². The standard InChI is InChI=1S/C14H16N6/c1-9(2)5-7-20-10(3)12(18-19-20)13-11-4-6-15-14(11)17-8-16-13/h4-6,8H,7H2,1-3H3,(H,15,16,17). The molecule has 0 spiro atoms. The highest BCUT2D eigenvalue weighted by Gasteiger charge is 2.15. The van der Waals surface area contributed by atoms with E-state index in [1.807, 2.05) is 23.9 Å². The molecule has 20 heavy (non-hydrogen) atoms. The van der Waals surface area contributed by atoms with Gasteiger partial charge in [0.05, 0.1) is 12.2 Å². The molecule has 102 valence electrons. The van der Waals surface area contributed by atoms with Crippen molar-refractivity contribution in [3.63, 3.8) is 0 Å². The number of aromatic nitrogens is 6. The van der Waals surface area contributed by atoms with Gasteiger partial charge in [-0.05, 0) is 26.8 Å². The Hall–Kier alpha value is -2.50. The van der Waals surface area contributed by atoms with Crippen molar-refractivity contribution in [2.24, 2.45) is 0 Å². The molecule has 0 saturated heterocycles. The summed E-state index contributed by atoms with van der Waals surface area (Å²) in [5, 5.41) is 9.44. The molecule has 0 aromatic carbocycles. The molecule has 1 N–H and O–H groups in total. The third kappa shape index (κ3) is 2.09. The van der Waals surface area contributed by atoms with E-state index in [1.54, 1.807) is 6.33 Å². The fourth-order valence-electron chi connectivity index (χ4n) is 2.08. The van der Waals surface area contributed by atoms with E-state index >= 15 is 0 Å². The van der Waals surface area contributed by atoms with Crippen LogP contribution in [0.25, 0.3) is 22.4 Å². The summed E-state index contributed by atoms with van der Waals surface area (Å²) in [5.41, 5.74) is 4.70. The topological polar surface area (TPSA) is 72.3 Å². The van der Waals surface area contributed by atoms with Gasteiger partial charge in [0.15, 0.2) is 0 Å². The van der Waals surface area contributed by atoms with Gasteiger partial charge in [-0.25, -0.2) is 14.6 Å². The van der Waals surface area contributed by atoms with Crippen LogP contribution < -0.4 is 0 Å². The highest BCUT2D eigenvalue weighted by molar-refractivity contribution is 5.89. The molecule has 0 bridgehead atoms. The zero-order chi connectivity index (χ0) is 14.1. The Morgan fingerprint density at radius 3 is 2.95 bits per heavy atom. The fraction of sp³-hybridized carbons (Fsp3) is 0.286. The number of aromatic amines is 1. The average molecular weight is 268 g/mol. The number of rotatable bonds is 3. The molecule has 3 aromatic rings. The maximum absolute atomic E-state index is 4.36. The van der Waals surface area contributed by atoms with E-state index < -0.39 is 0 Å². The van der Waals surface area contributed by atoms with Crippen LogP contribution >= 0.6 is 0 Å². The van der Waals surface area contributed by atoms with Crippen molar-refractivity contribution < 1.29 is 0 Å². The molecule has 0 amide bonds. The van der Waals surface area contributed by atoms with Crippen LogP contribution in [0.15, 0.2) is 30.2 Å².